The molecule has 2 aliphatic rings. The molecule has 0 spiro atoms. The molecule has 3 atom stereocenters. The number of likely N-dealkylation sites (tertiary alicyclic amines) is 1. The lowest BCUT2D eigenvalue weighted by molar-refractivity contribution is 0.0523. The maximum atomic E-state index is 13.2. The summed E-state index contributed by atoms with van der Waals surface area (Å²) in [6.07, 6.45) is 1.75. The van der Waals surface area contributed by atoms with Gasteiger partial charge >= 0.3 is 0 Å². The number of aromatic nitrogens is 2. The fraction of sp³-hybridized carbons (Fsp3) is 0.292. The van der Waals surface area contributed by atoms with Crippen LogP contribution in [0.4, 0.5) is 5.82 Å². The molecule has 2 N–H and O–H groups in total. The Morgan fingerprint density at radius 3 is 2.60 bits per heavy atom. The molecule has 3 aromatic rings. The maximum Gasteiger partial charge on any atom is 0.272 e. The van der Waals surface area contributed by atoms with Crippen molar-refractivity contribution in [2.24, 2.45) is 5.92 Å². The highest BCUT2D eigenvalue weighted by Gasteiger charge is 2.42. The van der Waals surface area contributed by atoms with Crippen molar-refractivity contribution >= 4 is 11.7 Å². The van der Waals surface area contributed by atoms with Crippen molar-refractivity contribution in [1.82, 2.24) is 14.5 Å². The molecule has 6 heteroatoms. The van der Waals surface area contributed by atoms with Crippen LogP contribution in [0.1, 0.15) is 40.1 Å². The molecule has 0 saturated carbocycles. The number of nitrogen functional groups attached to an aromatic ring is 1. The van der Waals surface area contributed by atoms with Crippen LogP contribution in [0.2, 0.25) is 0 Å². The molecule has 1 amide bonds. The molecule has 1 aromatic carbocycles. The van der Waals surface area contributed by atoms with Crippen LogP contribution in [0.25, 0.3) is 0 Å². The van der Waals surface area contributed by atoms with Crippen LogP contribution < -0.4 is 11.3 Å². The van der Waals surface area contributed by atoms with Crippen molar-refractivity contribution < 1.29 is 4.79 Å². The Morgan fingerprint density at radius 1 is 1.00 bits per heavy atom. The van der Waals surface area contributed by atoms with E-state index in [0.717, 1.165) is 18.5 Å². The minimum atomic E-state index is -0.0952. The molecule has 1 fully saturated rings. The Labute approximate surface area is 175 Å². The number of carbonyl (C=O) groups excluding carboxylic acids is 1. The van der Waals surface area contributed by atoms with Crippen molar-refractivity contribution in [3.8, 4) is 0 Å². The van der Waals surface area contributed by atoms with E-state index in [9.17, 15) is 9.59 Å². The zero-order chi connectivity index (χ0) is 20.7. The average molecular weight is 400 g/mol. The lowest BCUT2D eigenvalue weighted by Gasteiger charge is -2.47. The van der Waals surface area contributed by atoms with Gasteiger partial charge < -0.3 is 15.2 Å². The van der Waals surface area contributed by atoms with Crippen molar-refractivity contribution in [3.63, 3.8) is 0 Å². The zero-order valence-electron chi connectivity index (χ0n) is 16.6. The van der Waals surface area contributed by atoms with Crippen molar-refractivity contribution in [2.45, 2.75) is 24.8 Å². The van der Waals surface area contributed by atoms with E-state index in [1.165, 1.54) is 5.56 Å². The Kier molecular flexibility index (Phi) is 4.62. The number of rotatable bonds is 3. The standard InChI is InChI=1S/C24H24N4O2/c25-22-10-4-8-19(26-22)24(30)27-14-17-13-18(15-27)21(12-16-6-2-1-3-7-16)28-20(17)9-5-11-23(28)29/h1-11,17-18,21H,12-15H2,(H2,25,26)/t17-,18+,21+/m1/s1. The van der Waals surface area contributed by atoms with Gasteiger partial charge in [0.2, 0.25) is 0 Å². The van der Waals surface area contributed by atoms with Gasteiger partial charge in [-0.3, -0.25) is 9.59 Å². The molecule has 30 heavy (non-hydrogen) atoms. The molecule has 5 rings (SSSR count). The second-order valence-electron chi connectivity index (χ2n) is 8.27. The number of carbonyl (C=O) groups is 1. The molecule has 0 radical (unpaired) electrons. The number of fused-ring (bicyclic) bond motifs is 4. The Balaban J connectivity index is 1.51. The van der Waals surface area contributed by atoms with E-state index in [2.05, 4.69) is 17.1 Å². The highest BCUT2D eigenvalue weighted by atomic mass is 16.2. The molecule has 4 heterocycles. The van der Waals surface area contributed by atoms with E-state index < -0.39 is 0 Å². The predicted octanol–water partition coefficient (Wildman–Crippen LogP) is 2.87. The van der Waals surface area contributed by atoms with Gasteiger partial charge in [-0.15, -0.1) is 0 Å². The van der Waals surface area contributed by atoms with E-state index in [-0.39, 0.29) is 29.3 Å². The average Bonchev–Trinajstić information content (AvgIpc) is 2.77. The summed E-state index contributed by atoms with van der Waals surface area (Å²) in [7, 11) is 0. The third-order valence-electron chi connectivity index (χ3n) is 6.36. The van der Waals surface area contributed by atoms with Crippen molar-refractivity contribution in [3.05, 3.63) is 94.0 Å². The summed E-state index contributed by atoms with van der Waals surface area (Å²) < 4.78 is 1.98. The number of anilines is 1. The van der Waals surface area contributed by atoms with E-state index in [1.807, 2.05) is 39.8 Å². The van der Waals surface area contributed by atoms with Crippen LogP contribution in [0.15, 0.2) is 71.5 Å². The Bertz CT molecular complexity index is 1140. The van der Waals surface area contributed by atoms with Gasteiger partial charge in [0.15, 0.2) is 0 Å². The van der Waals surface area contributed by atoms with Gasteiger partial charge in [0.05, 0.1) is 0 Å². The van der Waals surface area contributed by atoms with Gasteiger partial charge in [0, 0.05) is 36.8 Å². The summed E-state index contributed by atoms with van der Waals surface area (Å²) >= 11 is 0. The summed E-state index contributed by atoms with van der Waals surface area (Å²) in [6, 6.07) is 20.9. The third kappa shape index (κ3) is 3.28. The maximum absolute atomic E-state index is 13.2. The number of hydrogen-bond donors (Lipinski definition) is 1. The summed E-state index contributed by atoms with van der Waals surface area (Å²) in [5, 5.41) is 0. The first-order valence-corrected chi connectivity index (χ1v) is 10.4. The number of nitrogens with two attached hydrogens (primary N) is 1. The van der Waals surface area contributed by atoms with E-state index in [0.29, 0.717) is 24.6 Å². The lowest BCUT2D eigenvalue weighted by Crippen LogP contribution is -2.51. The smallest absolute Gasteiger partial charge is 0.272 e. The van der Waals surface area contributed by atoms with Crippen LogP contribution >= 0.6 is 0 Å². The quantitative estimate of drug-likeness (QED) is 0.733. The van der Waals surface area contributed by atoms with E-state index in [4.69, 9.17) is 5.73 Å². The third-order valence-corrected chi connectivity index (χ3v) is 6.36. The van der Waals surface area contributed by atoms with E-state index >= 15 is 0 Å². The fourth-order valence-corrected chi connectivity index (χ4v) is 5.06. The minimum absolute atomic E-state index is 0.0248. The molecular formula is C24H24N4O2. The first-order valence-electron chi connectivity index (χ1n) is 10.4. The highest BCUT2D eigenvalue weighted by Crippen LogP contribution is 2.42. The SMILES string of the molecule is Nc1cccc(C(=O)N2C[C@H]3C[C@@H](C2)[C@H](Cc2ccccc2)n2c3cccc2=O)n1. The summed E-state index contributed by atoms with van der Waals surface area (Å²) in [6.45, 7) is 1.21. The van der Waals surface area contributed by atoms with Crippen LogP contribution in [0.5, 0.6) is 0 Å². The number of piperidine rings is 1. The van der Waals surface area contributed by atoms with Gasteiger partial charge in [0.25, 0.3) is 11.5 Å². The molecule has 2 bridgehead atoms. The highest BCUT2D eigenvalue weighted by molar-refractivity contribution is 5.92. The van der Waals surface area contributed by atoms with Gasteiger partial charge in [-0.1, -0.05) is 42.5 Å². The molecular weight excluding hydrogens is 376 g/mol. The minimum Gasteiger partial charge on any atom is -0.384 e. The van der Waals surface area contributed by atoms with Gasteiger partial charge in [0.1, 0.15) is 11.5 Å². The molecule has 2 aromatic heterocycles. The lowest BCUT2D eigenvalue weighted by atomic mass is 9.76. The first kappa shape index (κ1) is 18.6. The molecule has 0 aliphatic carbocycles. The predicted molar refractivity (Wildman–Crippen MR) is 115 cm³/mol. The topological polar surface area (TPSA) is 81.2 Å². The largest absolute Gasteiger partial charge is 0.384 e. The zero-order valence-corrected chi connectivity index (χ0v) is 16.6. The van der Waals surface area contributed by atoms with Crippen LogP contribution in [-0.4, -0.2) is 33.4 Å². The second-order valence-corrected chi connectivity index (χ2v) is 8.27. The van der Waals surface area contributed by atoms with Crippen LogP contribution in [0.3, 0.4) is 0 Å². The number of amides is 1. The summed E-state index contributed by atoms with van der Waals surface area (Å²) in [5.41, 5.74) is 8.43. The Hall–Kier alpha value is -3.41. The molecule has 0 unspecified atom stereocenters. The second kappa shape index (κ2) is 7.44. The van der Waals surface area contributed by atoms with Gasteiger partial charge in [-0.2, -0.15) is 0 Å². The number of benzene rings is 1. The summed E-state index contributed by atoms with van der Waals surface area (Å²) in [4.78, 5) is 32.1. The van der Waals surface area contributed by atoms with Crippen molar-refractivity contribution in [2.75, 3.05) is 18.8 Å². The van der Waals surface area contributed by atoms with Crippen molar-refractivity contribution in [1.29, 1.82) is 0 Å². The molecule has 6 nitrogen and oxygen atoms in total. The number of pyridine rings is 2. The fourth-order valence-electron chi connectivity index (χ4n) is 5.06. The monoisotopic (exact) mass is 400 g/mol. The normalized spacial score (nSPS) is 22.4. The van der Waals surface area contributed by atoms with E-state index in [1.54, 1.807) is 24.3 Å². The van der Waals surface area contributed by atoms with Crippen LogP contribution in [0, 0.1) is 5.92 Å². The number of hydrogen-bond acceptors (Lipinski definition) is 4. The van der Waals surface area contributed by atoms with Crippen LogP contribution in [-0.2, 0) is 6.42 Å². The first-order chi connectivity index (χ1) is 14.6. The van der Waals surface area contributed by atoms with Gasteiger partial charge in [-0.05, 0) is 42.5 Å². The molecule has 1 saturated heterocycles. The summed E-state index contributed by atoms with van der Waals surface area (Å²) in [5.74, 6) is 0.607. The molecule has 152 valence electrons. The Morgan fingerprint density at radius 2 is 1.80 bits per heavy atom. The van der Waals surface area contributed by atoms with Gasteiger partial charge in [-0.25, -0.2) is 4.98 Å². The molecule has 2 aliphatic heterocycles. The number of nitrogens with zero attached hydrogens (tertiary/aromatic N) is 3.